The summed E-state index contributed by atoms with van der Waals surface area (Å²) in [6.07, 6.45) is 5.77. The molecule has 24 heavy (non-hydrogen) atoms. The lowest BCUT2D eigenvalue weighted by Crippen LogP contribution is -2.24. The summed E-state index contributed by atoms with van der Waals surface area (Å²) in [4.78, 5) is 24.9. The van der Waals surface area contributed by atoms with Crippen LogP contribution in [0.5, 0.6) is 0 Å². The molecule has 2 rings (SSSR count). The van der Waals surface area contributed by atoms with Crippen LogP contribution in [0.1, 0.15) is 36.7 Å². The quantitative estimate of drug-likeness (QED) is 0.305. The Morgan fingerprint density at radius 1 is 1.33 bits per heavy atom. The number of carbonyl (C=O) groups is 1. The van der Waals surface area contributed by atoms with Crippen molar-refractivity contribution in [2.45, 2.75) is 26.4 Å². The number of hydrogen-bond acceptors (Lipinski definition) is 5. The molecule has 0 atom stereocenters. The Hall–Kier alpha value is -1.90. The van der Waals surface area contributed by atoms with Gasteiger partial charge in [0.15, 0.2) is 0 Å². The largest absolute Gasteiger partial charge is 0.456 e. The van der Waals surface area contributed by atoms with Crippen LogP contribution >= 0.6 is 24.0 Å². The van der Waals surface area contributed by atoms with Gasteiger partial charge >= 0.3 is 5.97 Å². The molecule has 0 fully saturated rings. The first-order valence-corrected chi connectivity index (χ1v) is 7.28. The topological polar surface area (TPSA) is 72.7 Å². The summed E-state index contributed by atoms with van der Waals surface area (Å²) in [7, 11) is 1.94. The molecule has 1 aromatic carbocycles. The fraction of sp³-hybridized carbons (Fsp3) is 0.353. The van der Waals surface area contributed by atoms with E-state index < -0.39 is 16.5 Å². The number of nitro groups is 1. The first-order valence-electron chi connectivity index (χ1n) is 7.28. The SMILES string of the molecule is CN1C=CC(c2ccc(C(=O)OC(C)(C)C)c([N+](=O)[O-])c2)=CC1.I. The molecular weight excluding hydrogens is 423 g/mol. The summed E-state index contributed by atoms with van der Waals surface area (Å²) in [6, 6.07) is 4.57. The molecule has 0 unspecified atom stereocenters. The molecule has 0 aliphatic carbocycles. The number of ether oxygens (including phenoxy) is 1. The Morgan fingerprint density at radius 2 is 2.00 bits per heavy atom. The number of hydrogen-bond donors (Lipinski definition) is 0. The molecule has 1 aromatic rings. The summed E-state index contributed by atoms with van der Waals surface area (Å²) in [5, 5.41) is 11.3. The molecule has 0 aromatic heterocycles. The summed E-state index contributed by atoms with van der Waals surface area (Å²) in [6.45, 7) is 5.89. The first kappa shape index (κ1) is 20.1. The molecule has 0 radical (unpaired) electrons. The van der Waals surface area contributed by atoms with Gasteiger partial charge in [-0.1, -0.05) is 12.1 Å². The molecule has 0 spiro atoms. The third-order valence-corrected chi connectivity index (χ3v) is 3.25. The van der Waals surface area contributed by atoms with E-state index >= 15 is 0 Å². The zero-order valence-electron chi connectivity index (χ0n) is 14.1. The number of benzene rings is 1. The van der Waals surface area contributed by atoms with Crippen molar-refractivity contribution in [2.24, 2.45) is 0 Å². The van der Waals surface area contributed by atoms with Crippen LogP contribution in [0.2, 0.25) is 0 Å². The van der Waals surface area contributed by atoms with Crippen LogP contribution in [0, 0.1) is 10.1 Å². The Bertz CT molecular complexity index is 705. The lowest BCUT2D eigenvalue weighted by molar-refractivity contribution is -0.385. The van der Waals surface area contributed by atoms with Crippen LogP contribution < -0.4 is 0 Å². The highest BCUT2D eigenvalue weighted by atomic mass is 127. The van der Waals surface area contributed by atoms with E-state index in [4.69, 9.17) is 4.74 Å². The van der Waals surface area contributed by atoms with Crippen molar-refractivity contribution in [3.8, 4) is 0 Å². The van der Waals surface area contributed by atoms with Crippen LogP contribution in [0.25, 0.3) is 5.57 Å². The van der Waals surface area contributed by atoms with E-state index in [0.717, 1.165) is 12.1 Å². The van der Waals surface area contributed by atoms with Crippen molar-refractivity contribution in [1.29, 1.82) is 0 Å². The number of carbonyl (C=O) groups excluding carboxylic acids is 1. The van der Waals surface area contributed by atoms with Gasteiger partial charge in [0.2, 0.25) is 0 Å². The molecule has 1 aliphatic heterocycles. The van der Waals surface area contributed by atoms with E-state index in [0.29, 0.717) is 5.56 Å². The maximum atomic E-state index is 12.2. The summed E-state index contributed by atoms with van der Waals surface area (Å²) in [5.74, 6) is -0.691. The molecule has 0 N–H and O–H groups in total. The van der Waals surface area contributed by atoms with E-state index in [9.17, 15) is 14.9 Å². The van der Waals surface area contributed by atoms with Crippen LogP contribution in [0.15, 0.2) is 36.6 Å². The maximum Gasteiger partial charge on any atom is 0.345 e. The van der Waals surface area contributed by atoms with Crippen molar-refractivity contribution in [3.05, 3.63) is 57.8 Å². The number of nitro benzene ring substituents is 1. The minimum Gasteiger partial charge on any atom is -0.456 e. The van der Waals surface area contributed by atoms with E-state index in [-0.39, 0.29) is 35.2 Å². The Balaban J connectivity index is 0.00000288. The van der Waals surface area contributed by atoms with E-state index in [1.54, 1.807) is 26.8 Å². The minimum atomic E-state index is -0.706. The second kappa shape index (κ2) is 7.78. The average molecular weight is 444 g/mol. The summed E-state index contributed by atoms with van der Waals surface area (Å²) < 4.78 is 5.24. The monoisotopic (exact) mass is 444 g/mol. The molecule has 7 heteroatoms. The Kier molecular flexibility index (Phi) is 6.53. The van der Waals surface area contributed by atoms with Crippen molar-refractivity contribution in [1.82, 2.24) is 4.90 Å². The van der Waals surface area contributed by atoms with Gasteiger partial charge in [-0.25, -0.2) is 4.79 Å². The van der Waals surface area contributed by atoms with Crippen LogP contribution in [0.4, 0.5) is 5.69 Å². The smallest absolute Gasteiger partial charge is 0.345 e. The van der Waals surface area contributed by atoms with Crippen LogP contribution in [-0.4, -0.2) is 35.0 Å². The maximum absolute atomic E-state index is 12.2. The lowest BCUT2D eigenvalue weighted by Gasteiger charge is -2.20. The van der Waals surface area contributed by atoms with Crippen molar-refractivity contribution < 1.29 is 14.5 Å². The molecule has 0 bridgehead atoms. The zero-order chi connectivity index (χ0) is 17.2. The van der Waals surface area contributed by atoms with Gasteiger partial charge in [-0.15, -0.1) is 24.0 Å². The lowest BCUT2D eigenvalue weighted by atomic mass is 10.0. The van der Waals surface area contributed by atoms with Crippen molar-refractivity contribution in [3.63, 3.8) is 0 Å². The standard InChI is InChI=1S/C17H20N2O4.HI/c1-17(2,3)23-16(20)14-6-5-13(11-15(14)19(21)22)12-7-9-18(4)10-8-12;/h5-9,11H,10H2,1-4H3;1H. The van der Waals surface area contributed by atoms with Crippen molar-refractivity contribution in [2.75, 3.05) is 13.6 Å². The van der Waals surface area contributed by atoms with Gasteiger partial charge in [0.05, 0.1) is 4.92 Å². The molecule has 1 aliphatic rings. The Labute approximate surface area is 158 Å². The second-order valence-corrected chi connectivity index (χ2v) is 6.41. The fourth-order valence-electron chi connectivity index (χ4n) is 2.16. The molecule has 0 amide bonds. The normalized spacial score (nSPS) is 13.8. The predicted molar refractivity (Wildman–Crippen MR) is 103 cm³/mol. The average Bonchev–Trinajstić information content (AvgIpc) is 2.45. The van der Waals surface area contributed by atoms with Gasteiger partial charge in [0, 0.05) is 19.7 Å². The molecule has 1 heterocycles. The van der Waals surface area contributed by atoms with Gasteiger partial charge in [-0.05, 0) is 50.3 Å². The highest BCUT2D eigenvalue weighted by Gasteiger charge is 2.26. The zero-order valence-corrected chi connectivity index (χ0v) is 16.4. The first-order chi connectivity index (χ1) is 10.7. The van der Waals surface area contributed by atoms with E-state index in [2.05, 4.69) is 0 Å². The van der Waals surface area contributed by atoms with Crippen molar-refractivity contribution >= 4 is 41.2 Å². The third-order valence-electron chi connectivity index (χ3n) is 3.25. The van der Waals surface area contributed by atoms with Gasteiger partial charge in [0.1, 0.15) is 11.2 Å². The Morgan fingerprint density at radius 3 is 2.50 bits per heavy atom. The highest BCUT2D eigenvalue weighted by molar-refractivity contribution is 14.0. The van der Waals surface area contributed by atoms with Gasteiger partial charge in [-0.2, -0.15) is 0 Å². The molecule has 0 saturated heterocycles. The fourth-order valence-corrected chi connectivity index (χ4v) is 2.16. The van der Waals surface area contributed by atoms with E-state index in [1.807, 2.05) is 30.3 Å². The van der Waals surface area contributed by atoms with E-state index in [1.165, 1.54) is 12.1 Å². The summed E-state index contributed by atoms with van der Waals surface area (Å²) in [5.41, 5.74) is 0.606. The molecule has 0 saturated carbocycles. The van der Waals surface area contributed by atoms with Crippen LogP contribution in [-0.2, 0) is 4.74 Å². The van der Waals surface area contributed by atoms with Crippen LogP contribution in [0.3, 0.4) is 0 Å². The number of esters is 1. The molecule has 6 nitrogen and oxygen atoms in total. The number of allylic oxidation sites excluding steroid dienone is 2. The number of nitrogens with zero attached hydrogens (tertiary/aromatic N) is 2. The number of likely N-dealkylation sites (N-methyl/N-ethyl adjacent to an activating group) is 1. The molecule has 130 valence electrons. The second-order valence-electron chi connectivity index (χ2n) is 6.41. The predicted octanol–water partition coefficient (Wildman–Crippen LogP) is 4.01. The summed E-state index contributed by atoms with van der Waals surface area (Å²) >= 11 is 0. The van der Waals surface area contributed by atoms with Gasteiger partial charge < -0.3 is 9.64 Å². The third kappa shape index (κ3) is 5.05. The number of rotatable bonds is 3. The minimum absolute atomic E-state index is 0. The molecular formula is C17H21IN2O4. The number of halogens is 1. The van der Waals surface area contributed by atoms with Gasteiger partial charge in [-0.3, -0.25) is 10.1 Å². The highest BCUT2D eigenvalue weighted by Crippen LogP contribution is 2.28. The van der Waals surface area contributed by atoms with Gasteiger partial charge in [0.25, 0.3) is 5.69 Å².